The zero-order valence-electron chi connectivity index (χ0n) is 18.4. The molecular weight excluding hydrogens is 452 g/mol. The van der Waals surface area contributed by atoms with Crippen LogP contribution in [-0.2, 0) is 16.6 Å². The van der Waals surface area contributed by atoms with Gasteiger partial charge in [0.2, 0.25) is 10.0 Å². The first-order valence-electron chi connectivity index (χ1n) is 10.8. The molecule has 0 saturated carbocycles. The summed E-state index contributed by atoms with van der Waals surface area (Å²) in [5, 5.41) is 4.84. The Bertz CT molecular complexity index is 1080. The van der Waals surface area contributed by atoms with E-state index < -0.39 is 10.0 Å². The van der Waals surface area contributed by atoms with E-state index in [1.807, 2.05) is 6.07 Å². The zero-order valence-corrected chi connectivity index (χ0v) is 19.9. The van der Waals surface area contributed by atoms with Crippen molar-refractivity contribution in [1.29, 1.82) is 0 Å². The van der Waals surface area contributed by atoms with Crippen molar-refractivity contribution in [2.45, 2.75) is 32.4 Å². The van der Waals surface area contributed by atoms with Crippen LogP contribution in [-0.4, -0.2) is 79.1 Å². The molecule has 0 unspecified atom stereocenters. The van der Waals surface area contributed by atoms with E-state index in [-0.39, 0.29) is 17.9 Å². The van der Waals surface area contributed by atoms with E-state index in [0.29, 0.717) is 13.1 Å². The summed E-state index contributed by atoms with van der Waals surface area (Å²) in [6.07, 6.45) is 4.93. The lowest BCUT2D eigenvalue weighted by Crippen LogP contribution is -2.54. The number of halogens is 1. The fraction of sp³-hybridized carbons (Fsp3) is 0.524. The van der Waals surface area contributed by atoms with E-state index in [2.05, 4.69) is 38.7 Å². The van der Waals surface area contributed by atoms with Crippen molar-refractivity contribution >= 4 is 39.2 Å². The lowest BCUT2D eigenvalue weighted by Gasteiger charge is -2.39. The van der Waals surface area contributed by atoms with Gasteiger partial charge in [0.1, 0.15) is 0 Å². The number of carbonyl (C=O) groups excluding carboxylic acids is 1. The molecule has 2 aliphatic rings. The quantitative estimate of drug-likeness (QED) is 0.707. The smallest absolute Gasteiger partial charge is 0.344 e. The maximum atomic E-state index is 12.8. The standard InChI is InChI=1S/C21H29ClN6O3S/c1-16-14-27(21(29)28-10-7-20(23-28)24-32(2,30)31)12-11-26(16)15-17-5-6-18(22)19(13-17)25-8-3-4-9-25/h5-7,10,13,16H,3-4,8-9,11-12,14-15H2,1-2H3,(H,23,24)/t16-/m0/s1. The predicted octanol–water partition coefficient (Wildman–Crippen LogP) is 2.68. The number of hydrogen-bond acceptors (Lipinski definition) is 6. The van der Waals surface area contributed by atoms with E-state index in [0.717, 1.165) is 43.1 Å². The summed E-state index contributed by atoms with van der Waals surface area (Å²) in [5.74, 6) is 0.129. The maximum Gasteiger partial charge on any atom is 0.344 e. The van der Waals surface area contributed by atoms with Gasteiger partial charge in [-0.25, -0.2) is 13.2 Å². The van der Waals surface area contributed by atoms with Crippen molar-refractivity contribution in [2.75, 3.05) is 48.6 Å². The van der Waals surface area contributed by atoms with Gasteiger partial charge in [0.25, 0.3) is 0 Å². The van der Waals surface area contributed by atoms with E-state index in [4.69, 9.17) is 11.6 Å². The van der Waals surface area contributed by atoms with Crippen LogP contribution >= 0.6 is 11.6 Å². The van der Waals surface area contributed by atoms with Crippen molar-refractivity contribution in [3.8, 4) is 0 Å². The van der Waals surface area contributed by atoms with Gasteiger partial charge in [-0.15, -0.1) is 5.10 Å². The summed E-state index contributed by atoms with van der Waals surface area (Å²) in [7, 11) is -3.44. The number of benzene rings is 1. The monoisotopic (exact) mass is 480 g/mol. The second-order valence-electron chi connectivity index (χ2n) is 8.55. The van der Waals surface area contributed by atoms with Crippen molar-refractivity contribution in [3.63, 3.8) is 0 Å². The van der Waals surface area contributed by atoms with Gasteiger partial charge in [-0.05, 0) is 37.5 Å². The molecule has 0 aliphatic carbocycles. The first kappa shape index (κ1) is 22.9. The Balaban J connectivity index is 1.37. The molecule has 1 aromatic heterocycles. The Labute approximate surface area is 194 Å². The number of aromatic nitrogens is 2. The highest BCUT2D eigenvalue weighted by Gasteiger charge is 2.28. The highest BCUT2D eigenvalue weighted by Crippen LogP contribution is 2.30. The number of anilines is 2. The van der Waals surface area contributed by atoms with Crippen molar-refractivity contribution in [3.05, 3.63) is 41.0 Å². The van der Waals surface area contributed by atoms with Crippen molar-refractivity contribution in [1.82, 2.24) is 19.6 Å². The molecule has 2 aromatic rings. The van der Waals surface area contributed by atoms with Crippen molar-refractivity contribution < 1.29 is 13.2 Å². The molecule has 1 aromatic carbocycles. The molecule has 2 fully saturated rings. The summed E-state index contributed by atoms with van der Waals surface area (Å²) >= 11 is 6.45. The van der Waals surface area contributed by atoms with Gasteiger partial charge in [0, 0.05) is 57.6 Å². The van der Waals surface area contributed by atoms with Gasteiger partial charge < -0.3 is 9.80 Å². The summed E-state index contributed by atoms with van der Waals surface area (Å²) in [6.45, 7) is 6.89. The van der Waals surface area contributed by atoms with Gasteiger partial charge in [-0.3, -0.25) is 9.62 Å². The molecule has 0 radical (unpaired) electrons. The first-order valence-corrected chi connectivity index (χ1v) is 13.1. The Morgan fingerprint density at radius 3 is 2.62 bits per heavy atom. The van der Waals surface area contributed by atoms with Gasteiger partial charge in [-0.1, -0.05) is 17.7 Å². The van der Waals surface area contributed by atoms with Gasteiger partial charge >= 0.3 is 6.03 Å². The van der Waals surface area contributed by atoms with Gasteiger partial charge in [0.05, 0.1) is 17.0 Å². The van der Waals surface area contributed by atoms with Crippen LogP contribution in [0.25, 0.3) is 0 Å². The Kier molecular flexibility index (Phi) is 6.64. The molecule has 9 nitrogen and oxygen atoms in total. The average molecular weight is 481 g/mol. The third kappa shape index (κ3) is 5.36. The van der Waals surface area contributed by atoms with Crippen LogP contribution in [0.5, 0.6) is 0 Å². The minimum absolute atomic E-state index is 0.129. The lowest BCUT2D eigenvalue weighted by atomic mass is 10.1. The van der Waals surface area contributed by atoms with Crippen LogP contribution in [0.3, 0.4) is 0 Å². The first-order chi connectivity index (χ1) is 15.2. The van der Waals surface area contributed by atoms with Crippen LogP contribution in [0.2, 0.25) is 5.02 Å². The largest absolute Gasteiger partial charge is 0.370 e. The Morgan fingerprint density at radius 1 is 1.19 bits per heavy atom. The molecule has 1 amide bonds. The van der Waals surface area contributed by atoms with Crippen LogP contribution in [0.15, 0.2) is 30.5 Å². The molecule has 3 heterocycles. The number of hydrogen-bond donors (Lipinski definition) is 1. The molecule has 4 rings (SSSR count). The van der Waals surface area contributed by atoms with E-state index in [1.54, 1.807) is 4.90 Å². The number of sulfonamides is 1. The average Bonchev–Trinajstić information content (AvgIpc) is 3.41. The molecule has 1 N–H and O–H groups in total. The van der Waals surface area contributed by atoms with Crippen LogP contribution < -0.4 is 9.62 Å². The highest BCUT2D eigenvalue weighted by molar-refractivity contribution is 7.92. The number of rotatable bonds is 5. The summed E-state index contributed by atoms with van der Waals surface area (Å²) in [6, 6.07) is 7.62. The third-order valence-electron chi connectivity index (χ3n) is 5.95. The fourth-order valence-electron chi connectivity index (χ4n) is 4.32. The predicted molar refractivity (Wildman–Crippen MR) is 126 cm³/mol. The number of amides is 1. The normalized spacial score (nSPS) is 20.0. The number of piperazine rings is 1. The number of carbonyl (C=O) groups is 1. The van der Waals surface area contributed by atoms with Crippen LogP contribution in [0.1, 0.15) is 25.3 Å². The molecule has 32 heavy (non-hydrogen) atoms. The number of nitrogens with zero attached hydrogens (tertiary/aromatic N) is 5. The topological polar surface area (TPSA) is 90.8 Å². The van der Waals surface area contributed by atoms with Crippen LogP contribution in [0.4, 0.5) is 16.3 Å². The Morgan fingerprint density at radius 2 is 1.94 bits per heavy atom. The van der Waals surface area contributed by atoms with Gasteiger partial charge in [0.15, 0.2) is 5.82 Å². The van der Waals surface area contributed by atoms with Crippen LogP contribution in [0, 0.1) is 0 Å². The summed E-state index contributed by atoms with van der Waals surface area (Å²) in [4.78, 5) is 19.3. The van der Waals surface area contributed by atoms with E-state index in [1.165, 1.54) is 35.4 Å². The van der Waals surface area contributed by atoms with Crippen molar-refractivity contribution in [2.24, 2.45) is 0 Å². The maximum absolute atomic E-state index is 12.8. The summed E-state index contributed by atoms with van der Waals surface area (Å²) in [5.41, 5.74) is 2.33. The van der Waals surface area contributed by atoms with E-state index in [9.17, 15) is 13.2 Å². The molecule has 1 atom stereocenters. The molecule has 174 valence electrons. The molecule has 0 bridgehead atoms. The molecule has 2 saturated heterocycles. The highest BCUT2D eigenvalue weighted by atomic mass is 35.5. The molecule has 2 aliphatic heterocycles. The minimum Gasteiger partial charge on any atom is -0.370 e. The fourth-order valence-corrected chi connectivity index (χ4v) is 5.04. The Hall–Kier alpha value is -2.30. The molecular formula is C21H29ClN6O3S. The second kappa shape index (κ2) is 9.29. The number of nitrogens with one attached hydrogen (secondary N) is 1. The SMILES string of the molecule is C[C@H]1CN(C(=O)n2ccc(NS(C)(=O)=O)n2)CCN1Cc1ccc(Cl)c(N2CCCC2)c1. The second-order valence-corrected chi connectivity index (χ2v) is 10.7. The third-order valence-corrected chi connectivity index (χ3v) is 6.85. The lowest BCUT2D eigenvalue weighted by molar-refractivity contribution is 0.0921. The molecule has 0 spiro atoms. The van der Waals surface area contributed by atoms with Gasteiger partial charge in [-0.2, -0.15) is 4.68 Å². The zero-order chi connectivity index (χ0) is 22.9. The summed E-state index contributed by atoms with van der Waals surface area (Å²) < 4.78 is 26.2. The van der Waals surface area contributed by atoms with E-state index >= 15 is 0 Å². The molecule has 11 heteroatoms. The minimum atomic E-state index is -3.44.